The van der Waals surface area contributed by atoms with Crippen molar-refractivity contribution in [3.05, 3.63) is 65.5 Å². The van der Waals surface area contributed by atoms with Gasteiger partial charge in [0.25, 0.3) is 0 Å². The molecule has 0 bridgehead atoms. The van der Waals surface area contributed by atoms with E-state index in [9.17, 15) is 14.0 Å². The van der Waals surface area contributed by atoms with Crippen LogP contribution in [0.15, 0.2) is 48.5 Å². The molecule has 0 spiro atoms. The fraction of sp³-hybridized carbons (Fsp3) is 0.176. The summed E-state index contributed by atoms with van der Waals surface area (Å²) < 4.78 is 13.0. The van der Waals surface area contributed by atoms with E-state index in [-0.39, 0.29) is 5.82 Å². The quantitative estimate of drug-likeness (QED) is 0.852. The summed E-state index contributed by atoms with van der Waals surface area (Å²) in [7, 11) is 0. The third-order valence-electron chi connectivity index (χ3n) is 3.18. The molecule has 2 amide bonds. The molecule has 2 rings (SSSR count). The van der Waals surface area contributed by atoms with Crippen molar-refractivity contribution in [1.29, 1.82) is 0 Å². The molecule has 4 nitrogen and oxygen atoms in total. The highest BCUT2D eigenvalue weighted by Gasteiger charge is 2.14. The predicted molar refractivity (Wildman–Crippen MR) is 82.9 cm³/mol. The molecule has 0 atom stereocenters. The third kappa shape index (κ3) is 4.41. The van der Waals surface area contributed by atoms with E-state index in [0.717, 1.165) is 5.56 Å². The van der Waals surface area contributed by atoms with Crippen LogP contribution in [0.5, 0.6) is 0 Å². The van der Waals surface area contributed by atoms with Crippen LogP contribution in [-0.4, -0.2) is 18.4 Å². The van der Waals surface area contributed by atoms with Gasteiger partial charge in [-0.3, -0.25) is 9.59 Å². The Morgan fingerprint density at radius 2 is 1.77 bits per heavy atom. The van der Waals surface area contributed by atoms with Gasteiger partial charge in [0, 0.05) is 12.2 Å². The molecule has 0 aliphatic carbocycles. The summed E-state index contributed by atoms with van der Waals surface area (Å²) in [6.45, 7) is 2.03. The Hall–Kier alpha value is -2.69. The second-order valence-corrected chi connectivity index (χ2v) is 4.90. The maximum absolute atomic E-state index is 13.0. The fourth-order valence-electron chi connectivity index (χ4n) is 1.99. The van der Waals surface area contributed by atoms with Crippen molar-refractivity contribution in [2.75, 3.05) is 11.9 Å². The first-order chi connectivity index (χ1) is 10.6. The average molecular weight is 300 g/mol. The molecule has 2 N–H and O–H groups in total. The van der Waals surface area contributed by atoms with Gasteiger partial charge in [-0.15, -0.1) is 0 Å². The van der Waals surface area contributed by atoms with Crippen LogP contribution in [0.3, 0.4) is 0 Å². The first-order valence-corrected chi connectivity index (χ1v) is 6.95. The highest BCUT2D eigenvalue weighted by Crippen LogP contribution is 2.15. The molecule has 0 unspecified atom stereocenters. The molecule has 0 aliphatic rings. The largest absolute Gasteiger partial charge is 0.347 e. The molecule has 0 saturated carbocycles. The number of carbonyl (C=O) groups excluding carboxylic acids is 2. The topological polar surface area (TPSA) is 58.2 Å². The van der Waals surface area contributed by atoms with Gasteiger partial charge in [-0.2, -0.15) is 0 Å². The van der Waals surface area contributed by atoms with Gasteiger partial charge in [-0.05, 0) is 42.7 Å². The number of benzene rings is 2. The number of carbonyl (C=O) groups is 2. The molecular weight excluding hydrogens is 283 g/mol. The lowest BCUT2D eigenvalue weighted by Crippen LogP contribution is -2.36. The van der Waals surface area contributed by atoms with Gasteiger partial charge in [-0.1, -0.05) is 30.3 Å². The SMILES string of the molecule is Cc1cc(F)ccc1NC(=O)C(=O)NCCc1ccccc1. The minimum absolute atomic E-state index is 0.374. The van der Waals surface area contributed by atoms with Gasteiger partial charge in [0.1, 0.15) is 5.82 Å². The van der Waals surface area contributed by atoms with E-state index in [1.165, 1.54) is 18.2 Å². The number of nitrogens with one attached hydrogen (secondary N) is 2. The Balaban J connectivity index is 1.83. The second kappa shape index (κ2) is 7.36. The zero-order valence-corrected chi connectivity index (χ0v) is 12.2. The Labute approximate surface area is 128 Å². The van der Waals surface area contributed by atoms with Crippen LogP contribution in [0, 0.1) is 12.7 Å². The number of aryl methyl sites for hydroxylation is 1. The fourth-order valence-corrected chi connectivity index (χ4v) is 1.99. The minimum atomic E-state index is -0.761. The molecule has 114 valence electrons. The molecule has 5 heteroatoms. The van der Waals surface area contributed by atoms with Gasteiger partial charge in [0.2, 0.25) is 0 Å². The number of rotatable bonds is 4. The molecule has 0 heterocycles. The summed E-state index contributed by atoms with van der Waals surface area (Å²) >= 11 is 0. The number of amides is 2. The van der Waals surface area contributed by atoms with Crippen molar-refractivity contribution in [3.8, 4) is 0 Å². The minimum Gasteiger partial charge on any atom is -0.347 e. The standard InChI is InChI=1S/C17H17FN2O2/c1-12-11-14(18)7-8-15(12)20-17(22)16(21)19-10-9-13-5-3-2-4-6-13/h2-8,11H,9-10H2,1H3,(H,19,21)(H,20,22). The zero-order chi connectivity index (χ0) is 15.9. The lowest BCUT2D eigenvalue weighted by Gasteiger charge is -2.09. The third-order valence-corrected chi connectivity index (χ3v) is 3.18. The van der Waals surface area contributed by atoms with Crippen LogP contribution >= 0.6 is 0 Å². The van der Waals surface area contributed by atoms with E-state index < -0.39 is 11.8 Å². The van der Waals surface area contributed by atoms with Crippen molar-refractivity contribution >= 4 is 17.5 Å². The number of anilines is 1. The maximum atomic E-state index is 13.0. The van der Waals surface area contributed by atoms with Gasteiger partial charge in [-0.25, -0.2) is 4.39 Å². The van der Waals surface area contributed by atoms with E-state index >= 15 is 0 Å². The summed E-state index contributed by atoms with van der Waals surface area (Å²) in [6, 6.07) is 13.6. The van der Waals surface area contributed by atoms with E-state index in [1.54, 1.807) is 6.92 Å². The Bertz CT molecular complexity index is 672. The highest BCUT2D eigenvalue weighted by atomic mass is 19.1. The van der Waals surface area contributed by atoms with E-state index in [1.807, 2.05) is 30.3 Å². The van der Waals surface area contributed by atoms with Crippen molar-refractivity contribution in [3.63, 3.8) is 0 Å². The highest BCUT2D eigenvalue weighted by molar-refractivity contribution is 6.39. The number of halogens is 1. The normalized spacial score (nSPS) is 10.1. The average Bonchev–Trinajstić information content (AvgIpc) is 2.51. The Kier molecular flexibility index (Phi) is 5.25. The number of hydrogen-bond acceptors (Lipinski definition) is 2. The molecule has 2 aromatic carbocycles. The van der Waals surface area contributed by atoms with E-state index in [0.29, 0.717) is 24.2 Å². The molecule has 0 fully saturated rings. The van der Waals surface area contributed by atoms with Crippen molar-refractivity contribution < 1.29 is 14.0 Å². The second-order valence-electron chi connectivity index (χ2n) is 4.90. The lowest BCUT2D eigenvalue weighted by atomic mass is 10.1. The molecule has 0 aliphatic heterocycles. The van der Waals surface area contributed by atoms with E-state index in [2.05, 4.69) is 10.6 Å². The summed E-state index contributed by atoms with van der Waals surface area (Å²) in [5, 5.41) is 5.03. The molecular formula is C17H17FN2O2. The smallest absolute Gasteiger partial charge is 0.313 e. The van der Waals surface area contributed by atoms with Gasteiger partial charge < -0.3 is 10.6 Å². The molecule has 0 aromatic heterocycles. The van der Waals surface area contributed by atoms with Gasteiger partial charge in [0.15, 0.2) is 0 Å². The van der Waals surface area contributed by atoms with Gasteiger partial charge >= 0.3 is 11.8 Å². The van der Waals surface area contributed by atoms with E-state index in [4.69, 9.17) is 0 Å². The van der Waals surface area contributed by atoms with Crippen LogP contribution in [0.1, 0.15) is 11.1 Å². The van der Waals surface area contributed by atoms with Crippen LogP contribution in [0.25, 0.3) is 0 Å². The predicted octanol–water partition coefficient (Wildman–Crippen LogP) is 2.43. The van der Waals surface area contributed by atoms with Crippen molar-refractivity contribution in [1.82, 2.24) is 5.32 Å². The first-order valence-electron chi connectivity index (χ1n) is 6.95. The zero-order valence-electron chi connectivity index (χ0n) is 12.2. The lowest BCUT2D eigenvalue weighted by molar-refractivity contribution is -0.136. The molecule has 0 saturated heterocycles. The van der Waals surface area contributed by atoms with Crippen LogP contribution in [-0.2, 0) is 16.0 Å². The Morgan fingerprint density at radius 3 is 2.45 bits per heavy atom. The molecule has 0 radical (unpaired) electrons. The van der Waals surface area contributed by atoms with Crippen molar-refractivity contribution in [2.45, 2.75) is 13.3 Å². The summed E-state index contributed by atoms with van der Waals surface area (Å²) in [4.78, 5) is 23.5. The maximum Gasteiger partial charge on any atom is 0.313 e. The first kappa shape index (κ1) is 15.7. The van der Waals surface area contributed by atoms with Crippen LogP contribution in [0.2, 0.25) is 0 Å². The van der Waals surface area contributed by atoms with Crippen LogP contribution < -0.4 is 10.6 Å². The van der Waals surface area contributed by atoms with Gasteiger partial charge in [0.05, 0.1) is 0 Å². The molecule has 2 aromatic rings. The number of hydrogen-bond donors (Lipinski definition) is 2. The summed E-state index contributed by atoms with van der Waals surface area (Å²) in [5.74, 6) is -1.86. The summed E-state index contributed by atoms with van der Waals surface area (Å²) in [5.41, 5.74) is 2.06. The molecule has 22 heavy (non-hydrogen) atoms. The Morgan fingerprint density at radius 1 is 1.05 bits per heavy atom. The van der Waals surface area contributed by atoms with Crippen molar-refractivity contribution in [2.24, 2.45) is 0 Å². The monoisotopic (exact) mass is 300 g/mol. The summed E-state index contributed by atoms with van der Waals surface area (Å²) in [6.07, 6.45) is 0.648. The van der Waals surface area contributed by atoms with Crippen LogP contribution in [0.4, 0.5) is 10.1 Å².